The van der Waals surface area contributed by atoms with Crippen LogP contribution in [0.2, 0.25) is 0 Å². The first-order chi connectivity index (χ1) is 13.6. The highest BCUT2D eigenvalue weighted by Gasteiger charge is 2.47. The van der Waals surface area contributed by atoms with Crippen molar-refractivity contribution in [3.05, 3.63) is 0 Å². The molecule has 0 radical (unpaired) electrons. The van der Waals surface area contributed by atoms with Gasteiger partial charge in [-0.1, -0.05) is 0 Å². The Morgan fingerprint density at radius 3 is 1.93 bits per heavy atom. The summed E-state index contributed by atoms with van der Waals surface area (Å²) in [5.74, 6) is -0.147. The molecule has 2 fully saturated rings. The van der Waals surface area contributed by atoms with Gasteiger partial charge in [-0.3, -0.25) is 4.79 Å². The largest absolute Gasteiger partial charge is 0.394 e. The number of carbonyl (C=O) groups excluding carboxylic acids is 1. The number of hydrogen-bond donors (Lipinski definition) is 7. The predicted molar refractivity (Wildman–Crippen MR) is 92.2 cm³/mol. The zero-order valence-electron chi connectivity index (χ0n) is 16.1. The summed E-state index contributed by atoms with van der Waals surface area (Å²) in [6.45, 7) is 1.86. The normalized spacial score (nSPS) is 44.4. The topological polar surface area (TPSA) is 196 Å². The number of ketones is 1. The summed E-state index contributed by atoms with van der Waals surface area (Å²) in [6.07, 6.45) is -15.4. The second-order valence-electron chi connectivity index (χ2n) is 7.40. The van der Waals surface area contributed by atoms with Gasteiger partial charge in [0.25, 0.3) is 0 Å². The molecule has 2 rings (SSSR count). The van der Waals surface area contributed by atoms with Crippen molar-refractivity contribution in [3.8, 4) is 0 Å². The van der Waals surface area contributed by atoms with Gasteiger partial charge in [0.2, 0.25) is 0 Å². The summed E-state index contributed by atoms with van der Waals surface area (Å²) >= 11 is 0. The standard InChI is InChI=1S/C17H30O12/c1-6(19)3-7(2)27-17-15(25)13(23)11(21)9(29-17)5-26-16-14(24)12(22)10(20)8(4-18)28-16/h7-18,20-25H,3-5H2,1-2H3. The van der Waals surface area contributed by atoms with Gasteiger partial charge in [0, 0.05) is 6.42 Å². The number of hydrogen-bond acceptors (Lipinski definition) is 12. The van der Waals surface area contributed by atoms with Gasteiger partial charge >= 0.3 is 0 Å². The van der Waals surface area contributed by atoms with Crippen molar-refractivity contribution in [2.24, 2.45) is 0 Å². The van der Waals surface area contributed by atoms with Crippen molar-refractivity contribution < 1.29 is 59.5 Å². The highest BCUT2D eigenvalue weighted by atomic mass is 16.7. The lowest BCUT2D eigenvalue weighted by atomic mass is 9.98. The van der Waals surface area contributed by atoms with Crippen LogP contribution in [-0.4, -0.2) is 122 Å². The van der Waals surface area contributed by atoms with E-state index >= 15 is 0 Å². The molecule has 0 amide bonds. The van der Waals surface area contributed by atoms with E-state index in [-0.39, 0.29) is 12.2 Å². The maximum absolute atomic E-state index is 11.2. The first-order valence-electron chi connectivity index (χ1n) is 9.33. The Bertz CT molecular complexity index is 531. The van der Waals surface area contributed by atoms with Gasteiger partial charge in [0.05, 0.1) is 19.3 Å². The van der Waals surface area contributed by atoms with Crippen molar-refractivity contribution in [3.63, 3.8) is 0 Å². The van der Waals surface area contributed by atoms with E-state index < -0.39 is 80.7 Å². The molecule has 0 aliphatic carbocycles. The molecule has 12 heteroatoms. The Kier molecular flexibility index (Phi) is 8.87. The number of rotatable bonds is 8. The van der Waals surface area contributed by atoms with Crippen LogP contribution < -0.4 is 0 Å². The van der Waals surface area contributed by atoms with Gasteiger partial charge in [-0.05, 0) is 13.8 Å². The number of carbonyl (C=O) groups is 1. The molecule has 0 aromatic rings. The molecule has 11 unspecified atom stereocenters. The molecular formula is C17H30O12. The molecule has 29 heavy (non-hydrogen) atoms. The Balaban J connectivity index is 1.98. The second kappa shape index (κ2) is 10.5. The van der Waals surface area contributed by atoms with Crippen LogP contribution in [0.15, 0.2) is 0 Å². The average molecular weight is 426 g/mol. The van der Waals surface area contributed by atoms with Crippen molar-refractivity contribution in [2.45, 2.75) is 87.8 Å². The van der Waals surface area contributed by atoms with Crippen LogP contribution >= 0.6 is 0 Å². The molecule has 0 aromatic heterocycles. The van der Waals surface area contributed by atoms with Crippen LogP contribution in [0.25, 0.3) is 0 Å². The van der Waals surface area contributed by atoms with Crippen molar-refractivity contribution in [1.82, 2.24) is 0 Å². The van der Waals surface area contributed by atoms with Gasteiger partial charge < -0.3 is 54.7 Å². The lowest BCUT2D eigenvalue weighted by molar-refractivity contribution is -0.335. The van der Waals surface area contributed by atoms with E-state index in [0.717, 1.165) is 0 Å². The Labute approximate surface area is 167 Å². The van der Waals surface area contributed by atoms with Gasteiger partial charge in [-0.25, -0.2) is 0 Å². The minimum absolute atomic E-state index is 0.0528. The van der Waals surface area contributed by atoms with Crippen LogP contribution in [-0.2, 0) is 23.7 Å². The van der Waals surface area contributed by atoms with E-state index in [2.05, 4.69) is 0 Å². The molecule has 0 saturated carbocycles. The van der Waals surface area contributed by atoms with E-state index in [1.165, 1.54) is 6.92 Å². The minimum atomic E-state index is -1.65. The number of ether oxygens (including phenoxy) is 4. The van der Waals surface area contributed by atoms with Crippen LogP contribution in [0.4, 0.5) is 0 Å². The minimum Gasteiger partial charge on any atom is -0.394 e. The maximum Gasteiger partial charge on any atom is 0.186 e. The Morgan fingerprint density at radius 1 is 0.862 bits per heavy atom. The number of aliphatic hydroxyl groups excluding tert-OH is 7. The summed E-state index contributed by atoms with van der Waals surface area (Å²) < 4.78 is 21.4. The first kappa shape index (κ1) is 24.5. The summed E-state index contributed by atoms with van der Waals surface area (Å²) in [4.78, 5) is 11.2. The highest BCUT2D eigenvalue weighted by molar-refractivity contribution is 5.75. The third-order valence-corrected chi connectivity index (χ3v) is 4.88. The smallest absolute Gasteiger partial charge is 0.186 e. The summed E-state index contributed by atoms with van der Waals surface area (Å²) in [6, 6.07) is 0. The molecule has 11 atom stereocenters. The van der Waals surface area contributed by atoms with Crippen LogP contribution in [0.5, 0.6) is 0 Å². The van der Waals surface area contributed by atoms with E-state index in [1.807, 2.05) is 0 Å². The molecule has 2 saturated heterocycles. The van der Waals surface area contributed by atoms with E-state index in [9.17, 15) is 40.5 Å². The van der Waals surface area contributed by atoms with Gasteiger partial charge in [0.15, 0.2) is 12.6 Å². The molecule has 2 aliphatic heterocycles. The summed E-state index contributed by atoms with van der Waals surface area (Å²) in [5.41, 5.74) is 0. The monoisotopic (exact) mass is 426 g/mol. The maximum atomic E-state index is 11.2. The van der Waals surface area contributed by atoms with Gasteiger partial charge in [-0.15, -0.1) is 0 Å². The van der Waals surface area contributed by atoms with E-state index in [1.54, 1.807) is 6.92 Å². The third kappa shape index (κ3) is 5.89. The lowest BCUT2D eigenvalue weighted by Crippen LogP contribution is -2.62. The molecule has 0 spiro atoms. The SMILES string of the molecule is CC(=O)CC(C)OC1OC(COC2OC(CO)C(O)C(O)C2O)C(O)C(O)C1O. The average Bonchev–Trinajstić information content (AvgIpc) is 2.66. The molecule has 0 aromatic carbocycles. The van der Waals surface area contributed by atoms with E-state index in [4.69, 9.17) is 18.9 Å². The van der Waals surface area contributed by atoms with Gasteiger partial charge in [0.1, 0.15) is 54.6 Å². The fourth-order valence-corrected chi connectivity index (χ4v) is 3.24. The predicted octanol–water partition coefficient (Wildman–Crippen LogP) is -4.01. The molecule has 170 valence electrons. The number of Topliss-reactive ketones (excluding diaryl/α,β-unsaturated/α-hetero) is 1. The van der Waals surface area contributed by atoms with Crippen molar-refractivity contribution in [2.75, 3.05) is 13.2 Å². The molecular weight excluding hydrogens is 396 g/mol. The fourth-order valence-electron chi connectivity index (χ4n) is 3.24. The van der Waals surface area contributed by atoms with Crippen LogP contribution in [0.3, 0.4) is 0 Å². The van der Waals surface area contributed by atoms with E-state index in [0.29, 0.717) is 0 Å². The van der Waals surface area contributed by atoms with Gasteiger partial charge in [-0.2, -0.15) is 0 Å². The zero-order valence-corrected chi connectivity index (χ0v) is 16.1. The fraction of sp³-hybridized carbons (Fsp3) is 0.941. The summed E-state index contributed by atoms with van der Waals surface area (Å²) in [5, 5.41) is 69.0. The Hall–Kier alpha value is -0.770. The molecule has 2 heterocycles. The quantitative estimate of drug-likeness (QED) is 0.199. The molecule has 2 aliphatic rings. The van der Waals surface area contributed by atoms with Crippen LogP contribution in [0.1, 0.15) is 20.3 Å². The highest BCUT2D eigenvalue weighted by Crippen LogP contribution is 2.26. The van der Waals surface area contributed by atoms with Crippen molar-refractivity contribution >= 4 is 5.78 Å². The molecule has 7 N–H and O–H groups in total. The first-order valence-corrected chi connectivity index (χ1v) is 9.33. The van der Waals surface area contributed by atoms with Crippen molar-refractivity contribution in [1.29, 1.82) is 0 Å². The second-order valence-corrected chi connectivity index (χ2v) is 7.40. The summed E-state index contributed by atoms with van der Waals surface area (Å²) in [7, 11) is 0. The lowest BCUT2D eigenvalue weighted by Gasteiger charge is -2.43. The third-order valence-electron chi connectivity index (χ3n) is 4.88. The molecule has 0 bridgehead atoms. The Morgan fingerprint density at radius 2 is 1.38 bits per heavy atom. The molecule has 12 nitrogen and oxygen atoms in total. The number of aliphatic hydroxyl groups is 7. The van der Waals surface area contributed by atoms with Crippen LogP contribution in [0, 0.1) is 0 Å². The zero-order chi connectivity index (χ0) is 21.9.